The minimum atomic E-state index is -0.794. The number of aliphatic hydroxyl groups excluding tert-OH is 2. The van der Waals surface area contributed by atoms with E-state index in [1.54, 1.807) is 0 Å². The Hall–Kier alpha value is -2.18. The van der Waals surface area contributed by atoms with Crippen LogP contribution in [0.5, 0.6) is 0 Å². The van der Waals surface area contributed by atoms with Gasteiger partial charge in [0.15, 0.2) is 0 Å². The second kappa shape index (κ2) is 50.8. The number of hydrogen-bond acceptors (Lipinski definition) is 5. The SMILES string of the molecule is CC/C=C/C=C/C=C\C=C/CCCCCC(=O)OC(CCCCCCCCCCCCCCCCC)CC(=O)NC(CO)C(O)CCCCCCCCCCCCCCCCCC. The van der Waals surface area contributed by atoms with Gasteiger partial charge in [-0.2, -0.15) is 0 Å². The Morgan fingerprint density at radius 3 is 1.29 bits per heavy atom. The van der Waals surface area contributed by atoms with E-state index in [2.05, 4.69) is 50.4 Å². The molecule has 6 heteroatoms. The average Bonchev–Trinajstić information content (AvgIpc) is 3.28. The van der Waals surface area contributed by atoms with E-state index in [1.165, 1.54) is 167 Å². The highest BCUT2D eigenvalue weighted by Gasteiger charge is 2.24. The summed E-state index contributed by atoms with van der Waals surface area (Å²) in [5.41, 5.74) is 0. The minimum Gasteiger partial charge on any atom is -0.462 e. The summed E-state index contributed by atoms with van der Waals surface area (Å²) in [6.07, 6.45) is 61.7. The first-order chi connectivity index (χ1) is 31.0. The molecule has 0 rings (SSSR count). The number of aliphatic hydroxyl groups is 2. The zero-order chi connectivity index (χ0) is 45.9. The highest BCUT2D eigenvalue weighted by atomic mass is 16.5. The van der Waals surface area contributed by atoms with Gasteiger partial charge in [-0.15, -0.1) is 0 Å². The van der Waals surface area contributed by atoms with Crippen LogP contribution in [-0.4, -0.2) is 46.9 Å². The van der Waals surface area contributed by atoms with Gasteiger partial charge in [0.1, 0.15) is 6.10 Å². The number of allylic oxidation sites excluding steroid dienone is 8. The van der Waals surface area contributed by atoms with Crippen LogP contribution < -0.4 is 5.32 Å². The van der Waals surface area contributed by atoms with Gasteiger partial charge in [-0.1, -0.05) is 268 Å². The lowest BCUT2D eigenvalue weighted by Gasteiger charge is -2.24. The van der Waals surface area contributed by atoms with Gasteiger partial charge in [-0.3, -0.25) is 9.59 Å². The molecule has 6 nitrogen and oxygen atoms in total. The summed E-state index contributed by atoms with van der Waals surface area (Å²) in [5, 5.41) is 23.8. The highest BCUT2D eigenvalue weighted by Crippen LogP contribution is 2.19. The van der Waals surface area contributed by atoms with E-state index in [-0.39, 0.29) is 24.9 Å². The Bertz CT molecular complexity index is 1080. The highest BCUT2D eigenvalue weighted by molar-refractivity contribution is 5.77. The molecule has 0 saturated heterocycles. The van der Waals surface area contributed by atoms with Crippen molar-refractivity contribution < 1.29 is 24.5 Å². The van der Waals surface area contributed by atoms with E-state index in [4.69, 9.17) is 4.74 Å². The molecule has 63 heavy (non-hydrogen) atoms. The fraction of sp³-hybridized carbons (Fsp3) is 0.825. The first kappa shape index (κ1) is 60.8. The van der Waals surface area contributed by atoms with Crippen molar-refractivity contribution in [1.82, 2.24) is 5.32 Å². The summed E-state index contributed by atoms with van der Waals surface area (Å²) < 4.78 is 5.93. The van der Waals surface area contributed by atoms with E-state index in [0.717, 1.165) is 64.2 Å². The number of unbranched alkanes of at least 4 members (excludes halogenated alkanes) is 32. The molecule has 1 amide bonds. The predicted octanol–water partition coefficient (Wildman–Crippen LogP) is 16.6. The number of carbonyl (C=O) groups excluding carboxylic acids is 2. The van der Waals surface area contributed by atoms with Crippen LogP contribution >= 0.6 is 0 Å². The Balaban J connectivity index is 4.56. The number of esters is 1. The van der Waals surface area contributed by atoms with Gasteiger partial charge in [0.05, 0.1) is 25.2 Å². The third kappa shape index (κ3) is 46.2. The molecule has 0 fully saturated rings. The van der Waals surface area contributed by atoms with Crippen LogP contribution in [0.25, 0.3) is 0 Å². The minimum absolute atomic E-state index is 0.0645. The molecule has 0 heterocycles. The Morgan fingerprint density at radius 2 is 0.857 bits per heavy atom. The maximum Gasteiger partial charge on any atom is 0.306 e. The lowest BCUT2D eigenvalue weighted by Crippen LogP contribution is -2.46. The normalized spacial score (nSPS) is 13.5. The lowest BCUT2D eigenvalue weighted by atomic mass is 10.0. The van der Waals surface area contributed by atoms with Gasteiger partial charge in [-0.25, -0.2) is 0 Å². The van der Waals surface area contributed by atoms with Crippen molar-refractivity contribution in [1.29, 1.82) is 0 Å². The monoisotopic (exact) mass is 884 g/mol. The largest absolute Gasteiger partial charge is 0.462 e. The number of ether oxygens (including phenoxy) is 1. The smallest absolute Gasteiger partial charge is 0.306 e. The van der Waals surface area contributed by atoms with Gasteiger partial charge in [0, 0.05) is 6.42 Å². The molecule has 3 N–H and O–H groups in total. The molecule has 0 aliphatic carbocycles. The van der Waals surface area contributed by atoms with Crippen LogP contribution in [0.4, 0.5) is 0 Å². The van der Waals surface area contributed by atoms with Crippen LogP contribution in [-0.2, 0) is 14.3 Å². The molecule has 0 radical (unpaired) electrons. The van der Waals surface area contributed by atoms with Crippen molar-refractivity contribution in [2.75, 3.05) is 6.61 Å². The van der Waals surface area contributed by atoms with Crippen molar-refractivity contribution in [2.24, 2.45) is 0 Å². The van der Waals surface area contributed by atoms with E-state index in [0.29, 0.717) is 19.3 Å². The van der Waals surface area contributed by atoms with Gasteiger partial charge in [0.2, 0.25) is 5.91 Å². The third-order valence-electron chi connectivity index (χ3n) is 12.5. The van der Waals surface area contributed by atoms with Crippen LogP contribution in [0.15, 0.2) is 48.6 Å². The summed E-state index contributed by atoms with van der Waals surface area (Å²) in [7, 11) is 0. The molecule has 0 bridgehead atoms. The zero-order valence-corrected chi connectivity index (χ0v) is 42.0. The van der Waals surface area contributed by atoms with Crippen LogP contribution in [0.2, 0.25) is 0 Å². The van der Waals surface area contributed by atoms with Crippen molar-refractivity contribution in [3.05, 3.63) is 48.6 Å². The molecular formula is C57H105NO5. The first-order valence-electron chi connectivity index (χ1n) is 27.4. The fourth-order valence-corrected chi connectivity index (χ4v) is 8.38. The Morgan fingerprint density at radius 1 is 0.476 bits per heavy atom. The predicted molar refractivity (Wildman–Crippen MR) is 273 cm³/mol. The van der Waals surface area contributed by atoms with Gasteiger partial charge in [0.25, 0.3) is 0 Å². The number of hydrogen-bond donors (Lipinski definition) is 3. The molecule has 0 aromatic rings. The number of rotatable bonds is 49. The lowest BCUT2D eigenvalue weighted by molar-refractivity contribution is -0.151. The number of carbonyl (C=O) groups is 2. The van der Waals surface area contributed by atoms with Crippen molar-refractivity contribution in [2.45, 2.75) is 296 Å². The van der Waals surface area contributed by atoms with Gasteiger partial charge >= 0.3 is 5.97 Å². The standard InChI is InChI=1S/C57H105NO5/c1-4-7-10-13-16-19-22-25-27-29-32-34-37-40-43-46-49-55(60)54(52-59)58-56(61)51-53(48-45-42-39-36-33-31-28-26-23-20-17-14-11-8-5-2)63-57(62)50-47-44-41-38-35-30-24-21-18-15-12-9-6-3/h9,12,15,18,21,24,30,35,53-55,59-60H,4-8,10-11,13-14,16-17,19-20,22-23,25-29,31-34,36-52H2,1-3H3,(H,58,61)/b12-9+,18-15+,24-21-,35-30-. The molecule has 0 aromatic heterocycles. The fourth-order valence-electron chi connectivity index (χ4n) is 8.38. The Labute approximate surface area is 391 Å². The topological polar surface area (TPSA) is 95.9 Å². The molecule has 0 aliphatic heterocycles. The molecule has 3 atom stereocenters. The van der Waals surface area contributed by atoms with Crippen LogP contribution in [0.3, 0.4) is 0 Å². The van der Waals surface area contributed by atoms with E-state index >= 15 is 0 Å². The maximum atomic E-state index is 13.2. The Kier molecular flexibility index (Phi) is 49.1. The number of nitrogens with one attached hydrogen (secondary N) is 1. The maximum absolute atomic E-state index is 13.2. The van der Waals surface area contributed by atoms with Gasteiger partial charge < -0.3 is 20.3 Å². The first-order valence-corrected chi connectivity index (χ1v) is 27.4. The molecule has 3 unspecified atom stereocenters. The van der Waals surface area contributed by atoms with E-state index in [9.17, 15) is 19.8 Å². The molecule has 0 saturated carbocycles. The van der Waals surface area contributed by atoms with Crippen molar-refractivity contribution in [3.8, 4) is 0 Å². The van der Waals surface area contributed by atoms with Crippen LogP contribution in [0.1, 0.15) is 278 Å². The van der Waals surface area contributed by atoms with Gasteiger partial charge in [-0.05, 0) is 44.9 Å². The van der Waals surface area contributed by atoms with E-state index < -0.39 is 18.2 Å². The molecule has 0 spiro atoms. The molecule has 0 aliphatic rings. The van der Waals surface area contributed by atoms with Crippen LogP contribution in [0, 0.1) is 0 Å². The summed E-state index contributed by atoms with van der Waals surface area (Å²) in [4.78, 5) is 26.2. The van der Waals surface area contributed by atoms with Crippen molar-refractivity contribution >= 4 is 11.9 Å². The van der Waals surface area contributed by atoms with E-state index in [1.807, 2.05) is 24.3 Å². The zero-order valence-electron chi connectivity index (χ0n) is 42.0. The molecule has 368 valence electrons. The third-order valence-corrected chi connectivity index (χ3v) is 12.5. The summed E-state index contributed by atoms with van der Waals surface area (Å²) in [6, 6.07) is -0.708. The summed E-state index contributed by atoms with van der Waals surface area (Å²) in [6.45, 7) is 6.36. The second-order valence-corrected chi connectivity index (χ2v) is 18.7. The number of amides is 1. The average molecular weight is 884 g/mol. The quantitative estimate of drug-likeness (QED) is 0.0321. The van der Waals surface area contributed by atoms with Crippen molar-refractivity contribution in [3.63, 3.8) is 0 Å². The molecular weight excluding hydrogens is 779 g/mol. The second-order valence-electron chi connectivity index (χ2n) is 18.7. The molecule has 0 aromatic carbocycles. The summed E-state index contributed by atoms with van der Waals surface area (Å²) in [5.74, 6) is -0.508. The summed E-state index contributed by atoms with van der Waals surface area (Å²) >= 11 is 0.